The van der Waals surface area contributed by atoms with E-state index < -0.39 is 0 Å². The number of benzene rings is 1. The van der Waals surface area contributed by atoms with E-state index in [9.17, 15) is 14.4 Å². The zero-order valence-electron chi connectivity index (χ0n) is 15.9. The monoisotopic (exact) mass is 378 g/mol. The molecule has 1 aromatic carbocycles. The van der Waals surface area contributed by atoms with E-state index in [0.717, 1.165) is 24.1 Å². The number of hydrogen-bond donors (Lipinski definition) is 2. The highest BCUT2D eigenvalue weighted by molar-refractivity contribution is 6.22. The van der Waals surface area contributed by atoms with Crippen LogP contribution >= 0.6 is 0 Å². The summed E-state index contributed by atoms with van der Waals surface area (Å²) in [5.41, 5.74) is 3.26. The number of fused-ring (bicyclic) bond motifs is 1. The second kappa shape index (κ2) is 7.07. The van der Waals surface area contributed by atoms with Crippen molar-refractivity contribution in [3.8, 4) is 0 Å². The van der Waals surface area contributed by atoms with Crippen LogP contribution in [0.5, 0.6) is 0 Å². The largest absolute Gasteiger partial charge is 0.335 e. The molecule has 2 aromatic rings. The van der Waals surface area contributed by atoms with Crippen LogP contribution in [-0.2, 0) is 6.42 Å². The van der Waals surface area contributed by atoms with Gasteiger partial charge in [0.1, 0.15) is 0 Å². The Morgan fingerprint density at radius 1 is 1.21 bits per heavy atom. The number of hydrogen-bond acceptors (Lipinski definition) is 4. The maximum atomic E-state index is 12.5. The number of aromatic nitrogens is 1. The Bertz CT molecular complexity index is 968. The van der Waals surface area contributed by atoms with Crippen molar-refractivity contribution in [3.05, 3.63) is 58.9 Å². The summed E-state index contributed by atoms with van der Waals surface area (Å²) in [6.45, 7) is 3.90. The Morgan fingerprint density at radius 3 is 2.68 bits per heavy atom. The minimum Gasteiger partial charge on any atom is -0.335 e. The van der Waals surface area contributed by atoms with Gasteiger partial charge in [-0.05, 0) is 56.5 Å². The summed E-state index contributed by atoms with van der Waals surface area (Å²) in [4.78, 5) is 42.9. The van der Waals surface area contributed by atoms with E-state index in [2.05, 4.69) is 15.6 Å². The normalized spacial score (nSPS) is 16.7. The SMILES string of the molecule is Cc1cccnc1CC(C)NC(=O)Nc1ccc2c(c1)C(=O)N(C1CC1)C2=O. The van der Waals surface area contributed by atoms with Gasteiger partial charge in [-0.25, -0.2) is 4.79 Å². The smallest absolute Gasteiger partial charge is 0.319 e. The molecule has 7 heteroatoms. The Labute approximate surface area is 163 Å². The predicted octanol–water partition coefficient (Wildman–Crippen LogP) is 2.90. The first-order chi connectivity index (χ1) is 13.4. The Kier molecular flexibility index (Phi) is 4.58. The van der Waals surface area contributed by atoms with Crippen LogP contribution in [0.1, 0.15) is 51.7 Å². The van der Waals surface area contributed by atoms with Crippen molar-refractivity contribution in [2.45, 2.75) is 45.2 Å². The molecule has 4 rings (SSSR count). The molecule has 1 aromatic heterocycles. The van der Waals surface area contributed by atoms with Crippen LogP contribution < -0.4 is 10.6 Å². The first-order valence-corrected chi connectivity index (χ1v) is 9.44. The highest BCUT2D eigenvalue weighted by Gasteiger charge is 2.44. The minimum absolute atomic E-state index is 0.0306. The number of pyridine rings is 1. The van der Waals surface area contributed by atoms with Gasteiger partial charge in [-0.1, -0.05) is 6.07 Å². The Morgan fingerprint density at radius 2 is 1.96 bits per heavy atom. The fourth-order valence-electron chi connectivity index (χ4n) is 3.47. The molecule has 1 saturated carbocycles. The van der Waals surface area contributed by atoms with Crippen LogP contribution in [0, 0.1) is 6.92 Å². The lowest BCUT2D eigenvalue weighted by Crippen LogP contribution is -2.37. The van der Waals surface area contributed by atoms with Gasteiger partial charge in [0.15, 0.2) is 0 Å². The van der Waals surface area contributed by atoms with E-state index in [0.29, 0.717) is 23.2 Å². The van der Waals surface area contributed by atoms with Crippen LogP contribution in [0.25, 0.3) is 0 Å². The lowest BCUT2D eigenvalue weighted by atomic mass is 10.1. The Balaban J connectivity index is 1.40. The van der Waals surface area contributed by atoms with E-state index in [4.69, 9.17) is 0 Å². The summed E-state index contributed by atoms with van der Waals surface area (Å²) in [7, 11) is 0. The topological polar surface area (TPSA) is 91.4 Å². The summed E-state index contributed by atoms with van der Waals surface area (Å²) in [5.74, 6) is -0.511. The molecule has 1 aliphatic heterocycles. The number of aryl methyl sites for hydroxylation is 1. The molecule has 1 atom stereocenters. The number of rotatable bonds is 5. The van der Waals surface area contributed by atoms with Gasteiger partial charge in [0, 0.05) is 36.1 Å². The van der Waals surface area contributed by atoms with Gasteiger partial charge >= 0.3 is 6.03 Å². The van der Waals surface area contributed by atoms with Gasteiger partial charge in [0.05, 0.1) is 11.1 Å². The molecule has 4 amide bonds. The number of imide groups is 1. The van der Waals surface area contributed by atoms with Crippen molar-refractivity contribution in [3.63, 3.8) is 0 Å². The molecular weight excluding hydrogens is 356 g/mol. The number of amides is 4. The van der Waals surface area contributed by atoms with Crippen molar-refractivity contribution in [1.29, 1.82) is 0 Å². The quantitative estimate of drug-likeness (QED) is 0.783. The van der Waals surface area contributed by atoms with Gasteiger partial charge in [0.25, 0.3) is 11.8 Å². The summed E-state index contributed by atoms with van der Waals surface area (Å²) in [6.07, 6.45) is 4.09. The third-order valence-corrected chi connectivity index (χ3v) is 5.08. The maximum absolute atomic E-state index is 12.5. The van der Waals surface area contributed by atoms with Crippen molar-refractivity contribution in [1.82, 2.24) is 15.2 Å². The molecule has 2 N–H and O–H groups in total. The van der Waals surface area contributed by atoms with Crippen LogP contribution in [0.15, 0.2) is 36.5 Å². The minimum atomic E-state index is -0.364. The molecule has 1 fully saturated rings. The van der Waals surface area contributed by atoms with E-state index in [1.165, 1.54) is 4.90 Å². The molecule has 144 valence electrons. The van der Waals surface area contributed by atoms with Crippen LogP contribution in [-0.4, -0.2) is 39.8 Å². The lowest BCUT2D eigenvalue weighted by Gasteiger charge is -2.15. The summed E-state index contributed by atoms with van der Waals surface area (Å²) >= 11 is 0. The number of urea groups is 1. The highest BCUT2D eigenvalue weighted by Crippen LogP contribution is 2.35. The zero-order valence-corrected chi connectivity index (χ0v) is 15.9. The molecule has 2 aliphatic rings. The molecule has 7 nitrogen and oxygen atoms in total. The van der Waals surface area contributed by atoms with E-state index in [1.54, 1.807) is 24.4 Å². The van der Waals surface area contributed by atoms with Crippen molar-refractivity contribution in [2.75, 3.05) is 5.32 Å². The number of carbonyl (C=O) groups excluding carboxylic acids is 3. The summed E-state index contributed by atoms with van der Waals surface area (Å²) in [6, 6.07) is 8.25. The molecular formula is C21H22N4O3. The van der Waals surface area contributed by atoms with Crippen LogP contribution in [0.4, 0.5) is 10.5 Å². The maximum Gasteiger partial charge on any atom is 0.319 e. The van der Waals surface area contributed by atoms with Gasteiger partial charge in [-0.2, -0.15) is 0 Å². The third-order valence-electron chi connectivity index (χ3n) is 5.08. The molecule has 0 spiro atoms. The molecule has 1 aliphatic carbocycles. The van der Waals surface area contributed by atoms with Gasteiger partial charge in [-0.15, -0.1) is 0 Å². The van der Waals surface area contributed by atoms with Gasteiger partial charge < -0.3 is 10.6 Å². The standard InChI is InChI=1S/C21H22N4O3/c1-12-4-3-9-22-18(12)10-13(2)23-21(28)24-14-5-8-16-17(11-14)20(27)25(19(16)26)15-6-7-15/h3-5,8-9,11,13,15H,6-7,10H2,1-2H3,(H2,23,24,28). The number of nitrogens with zero attached hydrogens (tertiary/aromatic N) is 2. The lowest BCUT2D eigenvalue weighted by molar-refractivity contribution is 0.0642. The van der Waals surface area contributed by atoms with Gasteiger partial charge in [0.2, 0.25) is 0 Å². The van der Waals surface area contributed by atoms with Crippen molar-refractivity contribution < 1.29 is 14.4 Å². The van der Waals surface area contributed by atoms with Crippen LogP contribution in [0.2, 0.25) is 0 Å². The van der Waals surface area contributed by atoms with E-state index in [1.807, 2.05) is 26.0 Å². The molecule has 0 bridgehead atoms. The first-order valence-electron chi connectivity index (χ1n) is 9.44. The second-order valence-electron chi connectivity index (χ2n) is 7.44. The number of carbonyl (C=O) groups is 3. The van der Waals surface area contributed by atoms with Gasteiger partial charge in [-0.3, -0.25) is 19.5 Å². The Hall–Kier alpha value is -3.22. The fraction of sp³-hybridized carbons (Fsp3) is 0.333. The first kappa shape index (κ1) is 18.2. The zero-order chi connectivity index (χ0) is 19.8. The molecule has 1 unspecified atom stereocenters. The third kappa shape index (κ3) is 3.47. The predicted molar refractivity (Wildman–Crippen MR) is 104 cm³/mol. The molecule has 2 heterocycles. The van der Waals surface area contributed by atoms with E-state index in [-0.39, 0.29) is 29.9 Å². The molecule has 0 saturated heterocycles. The fourth-order valence-corrected chi connectivity index (χ4v) is 3.47. The number of anilines is 1. The average Bonchev–Trinajstić information content (AvgIpc) is 3.44. The second-order valence-corrected chi connectivity index (χ2v) is 7.44. The molecule has 0 radical (unpaired) electrons. The van der Waals surface area contributed by atoms with Crippen molar-refractivity contribution in [2.24, 2.45) is 0 Å². The number of nitrogens with one attached hydrogen (secondary N) is 2. The summed E-state index contributed by atoms with van der Waals surface area (Å²) < 4.78 is 0. The highest BCUT2D eigenvalue weighted by atomic mass is 16.2. The average molecular weight is 378 g/mol. The summed E-state index contributed by atoms with van der Waals surface area (Å²) in [5, 5.41) is 5.62. The van der Waals surface area contributed by atoms with Crippen molar-refractivity contribution >= 4 is 23.5 Å². The van der Waals surface area contributed by atoms with Crippen LogP contribution in [0.3, 0.4) is 0 Å². The molecule has 28 heavy (non-hydrogen) atoms. The van der Waals surface area contributed by atoms with E-state index >= 15 is 0 Å².